The highest BCUT2D eigenvalue weighted by molar-refractivity contribution is 6.32. The van der Waals surface area contributed by atoms with Crippen LogP contribution in [0.1, 0.15) is 11.1 Å². The number of rotatable bonds is 5. The quantitative estimate of drug-likeness (QED) is 0.612. The summed E-state index contributed by atoms with van der Waals surface area (Å²) < 4.78 is 10.2. The average Bonchev–Trinajstić information content (AvgIpc) is 2.61. The molecule has 9 heteroatoms. The van der Waals surface area contributed by atoms with Crippen LogP contribution in [0.15, 0.2) is 35.3 Å². The minimum atomic E-state index is -1.18. The molecule has 3 rings (SSSR count). The van der Waals surface area contributed by atoms with Crippen molar-refractivity contribution in [3.05, 3.63) is 56.6 Å². The second kappa shape index (κ2) is 6.81. The molecule has 2 aromatic rings. The highest BCUT2D eigenvalue weighted by atomic mass is 35.5. The molecule has 0 bridgehead atoms. The number of methoxy groups -OCH3 is 2. The van der Waals surface area contributed by atoms with E-state index in [4.69, 9.17) is 26.8 Å². The minimum absolute atomic E-state index is 0.145. The fraction of sp³-hybridized carbons (Fsp3) is 0.235. The summed E-state index contributed by atoms with van der Waals surface area (Å²) in [6.45, 7) is 0. The Morgan fingerprint density at radius 2 is 2.00 bits per heavy atom. The van der Waals surface area contributed by atoms with Crippen molar-refractivity contribution in [2.75, 3.05) is 19.5 Å². The molecule has 1 atom stereocenters. The van der Waals surface area contributed by atoms with Crippen molar-refractivity contribution >= 4 is 29.3 Å². The Morgan fingerprint density at radius 3 is 2.62 bits per heavy atom. The van der Waals surface area contributed by atoms with Crippen molar-refractivity contribution < 1.29 is 14.4 Å². The summed E-state index contributed by atoms with van der Waals surface area (Å²) in [5.41, 5.74) is 7.07. The Bertz CT molecular complexity index is 903. The molecule has 26 heavy (non-hydrogen) atoms. The molecule has 0 saturated carbocycles. The van der Waals surface area contributed by atoms with Crippen LogP contribution in [-0.2, 0) is 12.1 Å². The molecule has 1 heterocycles. The van der Waals surface area contributed by atoms with Crippen molar-refractivity contribution in [1.82, 2.24) is 0 Å². The minimum Gasteiger partial charge on any atom is -0.495 e. The van der Waals surface area contributed by atoms with E-state index in [1.54, 1.807) is 18.2 Å². The first-order valence-corrected chi connectivity index (χ1v) is 8.04. The largest absolute Gasteiger partial charge is 0.495 e. The van der Waals surface area contributed by atoms with Crippen molar-refractivity contribution in [1.29, 1.82) is 0 Å². The third kappa shape index (κ3) is 3.16. The zero-order valence-corrected chi connectivity index (χ0v) is 14.9. The van der Waals surface area contributed by atoms with E-state index < -0.39 is 10.6 Å². The lowest BCUT2D eigenvalue weighted by molar-refractivity contribution is -0.385. The van der Waals surface area contributed by atoms with Crippen molar-refractivity contribution in [3.8, 4) is 11.5 Å². The number of hydrogen-bond donors (Lipinski definition) is 2. The Balaban J connectivity index is 2.04. The lowest BCUT2D eigenvalue weighted by atomic mass is 9.90. The van der Waals surface area contributed by atoms with Gasteiger partial charge >= 0.3 is 5.69 Å². The maximum Gasteiger partial charge on any atom is 0.311 e. The van der Waals surface area contributed by atoms with Gasteiger partial charge in [0.05, 0.1) is 36.2 Å². The van der Waals surface area contributed by atoms with Crippen LogP contribution >= 0.6 is 11.6 Å². The van der Waals surface area contributed by atoms with Gasteiger partial charge in [-0.3, -0.25) is 10.1 Å². The monoisotopic (exact) mass is 376 g/mol. The molecule has 1 aliphatic heterocycles. The maximum absolute atomic E-state index is 11.3. The summed E-state index contributed by atoms with van der Waals surface area (Å²) in [7, 11) is 2.91. The first kappa shape index (κ1) is 18.0. The number of nitro benzene ring substituents is 1. The van der Waals surface area contributed by atoms with Crippen LogP contribution in [0, 0.1) is 10.1 Å². The first-order valence-electron chi connectivity index (χ1n) is 7.66. The number of halogens is 1. The van der Waals surface area contributed by atoms with E-state index in [1.807, 2.05) is 6.07 Å². The number of fused-ring (bicyclic) bond motifs is 1. The van der Waals surface area contributed by atoms with Gasteiger partial charge in [-0.05, 0) is 17.7 Å². The van der Waals surface area contributed by atoms with E-state index in [2.05, 4.69) is 10.3 Å². The topological polar surface area (TPSA) is 112 Å². The Hall–Kier alpha value is -2.84. The fourth-order valence-electron chi connectivity index (χ4n) is 2.91. The number of anilines is 1. The summed E-state index contributed by atoms with van der Waals surface area (Å²) in [4.78, 5) is 15.2. The van der Waals surface area contributed by atoms with Gasteiger partial charge in [-0.2, -0.15) is 0 Å². The summed E-state index contributed by atoms with van der Waals surface area (Å²) in [6.07, 6.45) is 1.77. The second-order valence-electron chi connectivity index (χ2n) is 5.80. The number of ether oxygens (including phenoxy) is 2. The lowest BCUT2D eigenvalue weighted by Gasteiger charge is -2.31. The normalized spacial score (nSPS) is 18.0. The van der Waals surface area contributed by atoms with Gasteiger partial charge in [-0.1, -0.05) is 17.7 Å². The molecule has 2 aromatic carbocycles. The van der Waals surface area contributed by atoms with Gasteiger partial charge in [-0.15, -0.1) is 0 Å². The second-order valence-corrected chi connectivity index (χ2v) is 6.21. The van der Waals surface area contributed by atoms with Crippen LogP contribution in [0.2, 0.25) is 5.02 Å². The van der Waals surface area contributed by atoms with Crippen molar-refractivity contribution in [3.63, 3.8) is 0 Å². The van der Waals surface area contributed by atoms with Crippen LogP contribution in [0.3, 0.4) is 0 Å². The van der Waals surface area contributed by atoms with E-state index in [-0.39, 0.29) is 11.4 Å². The van der Waals surface area contributed by atoms with E-state index in [0.29, 0.717) is 28.4 Å². The lowest BCUT2D eigenvalue weighted by Crippen LogP contribution is -2.40. The van der Waals surface area contributed by atoms with Crippen LogP contribution < -0.4 is 20.5 Å². The third-order valence-corrected chi connectivity index (χ3v) is 4.48. The van der Waals surface area contributed by atoms with Gasteiger partial charge in [0, 0.05) is 24.1 Å². The summed E-state index contributed by atoms with van der Waals surface area (Å²) in [5, 5.41) is 14.8. The highest BCUT2D eigenvalue weighted by Crippen LogP contribution is 2.41. The number of nitrogens with zero attached hydrogens (tertiary/aromatic N) is 2. The Labute approximate surface area is 154 Å². The summed E-state index contributed by atoms with van der Waals surface area (Å²) in [5.74, 6) is 0.697. The van der Waals surface area contributed by atoms with Gasteiger partial charge in [0.25, 0.3) is 0 Å². The van der Waals surface area contributed by atoms with Crippen LogP contribution in [-0.4, -0.2) is 25.5 Å². The molecule has 136 valence electrons. The van der Waals surface area contributed by atoms with Gasteiger partial charge in [0.2, 0.25) is 0 Å². The van der Waals surface area contributed by atoms with Crippen LogP contribution in [0.5, 0.6) is 11.5 Å². The van der Waals surface area contributed by atoms with Gasteiger partial charge < -0.3 is 20.5 Å². The average molecular weight is 377 g/mol. The molecule has 0 amide bonds. The molecule has 1 unspecified atom stereocenters. The molecule has 8 nitrogen and oxygen atoms in total. The van der Waals surface area contributed by atoms with Gasteiger partial charge in [0.15, 0.2) is 5.75 Å². The number of aliphatic imine (C=N–C) groups is 1. The number of benzene rings is 2. The number of nitrogens with one attached hydrogen (secondary N) is 1. The zero-order chi connectivity index (χ0) is 18.9. The van der Waals surface area contributed by atoms with Crippen molar-refractivity contribution in [2.24, 2.45) is 10.7 Å². The van der Waals surface area contributed by atoms with Crippen LogP contribution in [0.25, 0.3) is 0 Å². The van der Waals surface area contributed by atoms with Crippen LogP contribution in [0.4, 0.5) is 11.4 Å². The maximum atomic E-state index is 11.3. The first-order chi connectivity index (χ1) is 12.4. The molecule has 0 aromatic heterocycles. The van der Waals surface area contributed by atoms with E-state index in [1.165, 1.54) is 26.6 Å². The summed E-state index contributed by atoms with van der Waals surface area (Å²) in [6, 6.07) is 8.24. The van der Waals surface area contributed by atoms with E-state index in [0.717, 1.165) is 5.56 Å². The fourth-order valence-corrected chi connectivity index (χ4v) is 3.19. The number of hydrogen-bond acceptors (Lipinski definition) is 7. The molecule has 0 spiro atoms. The van der Waals surface area contributed by atoms with E-state index in [9.17, 15) is 10.1 Å². The molecule has 0 saturated heterocycles. The highest BCUT2D eigenvalue weighted by Gasteiger charge is 2.35. The Morgan fingerprint density at radius 1 is 1.27 bits per heavy atom. The SMILES string of the molecule is COc1ccc(CC2(N)N=CNc3cc(OC)c([N+](=O)[O-])cc32)cc1Cl. The third-order valence-electron chi connectivity index (χ3n) is 4.19. The number of nitrogens with two attached hydrogens (primary N) is 1. The molecular weight excluding hydrogens is 360 g/mol. The molecule has 3 N–H and O–H groups in total. The molecule has 1 aliphatic rings. The molecule has 0 aliphatic carbocycles. The predicted molar refractivity (Wildman–Crippen MR) is 99.3 cm³/mol. The standard InChI is InChI=1S/C17H17ClN4O4/c1-25-15-4-3-10(5-12(15)18)8-17(19)11-6-14(22(23)24)16(26-2)7-13(11)20-9-21-17/h3-7,9H,8,19H2,1-2H3,(H,20,21). The van der Waals surface area contributed by atoms with Gasteiger partial charge in [-0.25, -0.2) is 4.99 Å². The zero-order valence-electron chi connectivity index (χ0n) is 14.2. The van der Waals surface area contributed by atoms with Gasteiger partial charge in [0.1, 0.15) is 11.4 Å². The molecular formula is C17H17ClN4O4. The van der Waals surface area contributed by atoms with Crippen molar-refractivity contribution in [2.45, 2.75) is 12.1 Å². The number of nitro groups is 1. The predicted octanol–water partition coefficient (Wildman–Crippen LogP) is 3.07. The molecule has 0 fully saturated rings. The summed E-state index contributed by atoms with van der Waals surface area (Å²) >= 11 is 6.18. The van der Waals surface area contributed by atoms with E-state index >= 15 is 0 Å². The molecule has 0 radical (unpaired) electrons. The Kier molecular flexibility index (Phi) is 4.71. The smallest absolute Gasteiger partial charge is 0.311 e.